The van der Waals surface area contributed by atoms with Crippen LogP contribution in [0.5, 0.6) is 0 Å². The molecule has 1 fully saturated rings. The summed E-state index contributed by atoms with van der Waals surface area (Å²) in [6, 6.07) is 12.4. The number of rotatable bonds is 6. The summed E-state index contributed by atoms with van der Waals surface area (Å²) in [5.41, 5.74) is 1.71. The Balaban J connectivity index is 1.76. The molecule has 1 saturated carbocycles. The molecule has 3 N–H and O–H groups in total. The molecule has 0 spiro atoms. The van der Waals surface area contributed by atoms with Crippen molar-refractivity contribution in [3.63, 3.8) is 0 Å². The van der Waals surface area contributed by atoms with E-state index < -0.39 is 26.1 Å². The fourth-order valence-corrected chi connectivity index (χ4v) is 5.49. The number of sulfonamides is 2. The monoisotopic (exact) mass is 422 g/mol. The van der Waals surface area contributed by atoms with Crippen molar-refractivity contribution in [1.29, 1.82) is 0 Å². The molecule has 0 heterocycles. The van der Waals surface area contributed by atoms with Crippen molar-refractivity contribution in [3.8, 4) is 0 Å². The van der Waals surface area contributed by atoms with Crippen molar-refractivity contribution in [2.45, 2.75) is 60.8 Å². The molecule has 8 heteroatoms. The highest BCUT2D eigenvalue weighted by molar-refractivity contribution is 7.89. The predicted octanol–water partition coefficient (Wildman–Crippen LogP) is 3.42. The van der Waals surface area contributed by atoms with Crippen LogP contribution in [0.4, 0.5) is 0 Å². The third-order valence-corrected chi connectivity index (χ3v) is 7.75. The average Bonchev–Trinajstić information content (AvgIpc) is 2.68. The number of nitrogens with two attached hydrogens (primary N) is 1. The normalized spacial score (nSPS) is 17.4. The van der Waals surface area contributed by atoms with Gasteiger partial charge >= 0.3 is 0 Å². The predicted molar refractivity (Wildman–Crippen MR) is 109 cm³/mol. The van der Waals surface area contributed by atoms with E-state index in [1.807, 2.05) is 12.1 Å². The summed E-state index contributed by atoms with van der Waals surface area (Å²) >= 11 is 0. The van der Waals surface area contributed by atoms with E-state index in [1.54, 1.807) is 31.2 Å². The quantitative estimate of drug-likeness (QED) is 0.744. The largest absolute Gasteiger partial charge is 0.241 e. The van der Waals surface area contributed by atoms with Gasteiger partial charge in [-0.2, -0.15) is 0 Å². The molecule has 0 aliphatic heterocycles. The van der Waals surface area contributed by atoms with Gasteiger partial charge in [0, 0.05) is 6.04 Å². The molecule has 28 heavy (non-hydrogen) atoms. The molecule has 0 amide bonds. The van der Waals surface area contributed by atoms with Crippen LogP contribution in [0.25, 0.3) is 0 Å². The SMILES string of the molecule is C[C@@H](NS(=O)(=O)c1ccc(C2CCCCC2)cc1)c1cccc(S(N)(=O)=O)c1. The van der Waals surface area contributed by atoms with Gasteiger partial charge in [0.1, 0.15) is 0 Å². The second-order valence-corrected chi connectivity index (χ2v) is 10.6. The Morgan fingerprint density at radius 1 is 0.929 bits per heavy atom. The fourth-order valence-electron chi connectivity index (χ4n) is 3.68. The second-order valence-electron chi connectivity index (χ2n) is 7.36. The molecular weight excluding hydrogens is 396 g/mol. The van der Waals surface area contributed by atoms with Crippen molar-refractivity contribution in [2.24, 2.45) is 5.14 Å². The van der Waals surface area contributed by atoms with Crippen LogP contribution < -0.4 is 9.86 Å². The van der Waals surface area contributed by atoms with Crippen molar-refractivity contribution in [2.75, 3.05) is 0 Å². The Kier molecular flexibility index (Phi) is 6.24. The molecule has 2 aromatic carbocycles. The molecule has 1 atom stereocenters. The summed E-state index contributed by atoms with van der Waals surface area (Å²) in [6.07, 6.45) is 6.03. The Morgan fingerprint density at radius 3 is 2.18 bits per heavy atom. The first-order chi connectivity index (χ1) is 13.2. The molecule has 152 valence electrons. The maximum Gasteiger partial charge on any atom is 0.241 e. The zero-order valence-electron chi connectivity index (χ0n) is 15.8. The second kappa shape index (κ2) is 8.32. The molecule has 3 rings (SSSR count). The van der Waals surface area contributed by atoms with Crippen molar-refractivity contribution >= 4 is 20.0 Å². The van der Waals surface area contributed by atoms with E-state index in [2.05, 4.69) is 4.72 Å². The highest BCUT2D eigenvalue weighted by Crippen LogP contribution is 2.33. The summed E-state index contributed by atoms with van der Waals surface area (Å²) < 4.78 is 51.1. The van der Waals surface area contributed by atoms with Gasteiger partial charge < -0.3 is 0 Å². The average molecular weight is 423 g/mol. The number of nitrogens with one attached hydrogen (secondary N) is 1. The van der Waals surface area contributed by atoms with Crippen LogP contribution in [0, 0.1) is 0 Å². The standard InChI is InChI=1S/C20H26N2O4S2/c1-15(18-8-5-9-20(14-18)27(21,23)24)22-28(25,26)19-12-10-17(11-13-19)16-6-3-2-4-7-16/h5,8-16,22H,2-4,6-7H2,1H3,(H2,21,23,24)/t15-/m1/s1. The molecule has 2 aromatic rings. The highest BCUT2D eigenvalue weighted by Gasteiger charge is 2.21. The van der Waals surface area contributed by atoms with Crippen LogP contribution in [0.1, 0.15) is 62.1 Å². The lowest BCUT2D eigenvalue weighted by Crippen LogP contribution is -2.27. The van der Waals surface area contributed by atoms with Gasteiger partial charge in [-0.15, -0.1) is 0 Å². The molecule has 0 saturated heterocycles. The minimum atomic E-state index is -3.85. The molecule has 1 aliphatic carbocycles. The topological polar surface area (TPSA) is 106 Å². The Labute approximate surface area is 167 Å². The smallest absolute Gasteiger partial charge is 0.225 e. The summed E-state index contributed by atoms with van der Waals surface area (Å²) in [5, 5.41) is 5.15. The first kappa shape index (κ1) is 21.0. The summed E-state index contributed by atoms with van der Waals surface area (Å²) in [7, 11) is -7.58. The van der Waals surface area contributed by atoms with Crippen LogP contribution in [0.15, 0.2) is 58.3 Å². The maximum atomic E-state index is 12.7. The van der Waals surface area contributed by atoms with Crippen molar-refractivity contribution in [1.82, 2.24) is 4.72 Å². The van der Waals surface area contributed by atoms with Gasteiger partial charge in [0.05, 0.1) is 9.79 Å². The zero-order chi connectivity index (χ0) is 20.4. The molecule has 0 bridgehead atoms. The van der Waals surface area contributed by atoms with E-state index in [1.165, 1.54) is 37.0 Å². The number of benzene rings is 2. The van der Waals surface area contributed by atoms with E-state index >= 15 is 0 Å². The third-order valence-electron chi connectivity index (χ3n) is 5.29. The van der Waals surface area contributed by atoms with Gasteiger partial charge in [-0.3, -0.25) is 0 Å². The lowest BCUT2D eigenvalue weighted by Gasteiger charge is -2.22. The van der Waals surface area contributed by atoms with Gasteiger partial charge in [0.15, 0.2) is 0 Å². The lowest BCUT2D eigenvalue weighted by atomic mass is 9.84. The Morgan fingerprint density at radius 2 is 1.57 bits per heavy atom. The van der Waals surface area contributed by atoms with E-state index in [4.69, 9.17) is 5.14 Å². The molecule has 0 aromatic heterocycles. The summed E-state index contributed by atoms with van der Waals surface area (Å²) in [6.45, 7) is 1.66. The van der Waals surface area contributed by atoms with Gasteiger partial charge in [-0.05, 0) is 61.1 Å². The van der Waals surface area contributed by atoms with Crippen molar-refractivity contribution in [3.05, 3.63) is 59.7 Å². The Bertz CT molecular complexity index is 1030. The minimum absolute atomic E-state index is 0.0483. The van der Waals surface area contributed by atoms with Crippen LogP contribution in [-0.4, -0.2) is 16.8 Å². The lowest BCUT2D eigenvalue weighted by molar-refractivity contribution is 0.443. The van der Waals surface area contributed by atoms with Crippen molar-refractivity contribution < 1.29 is 16.8 Å². The number of hydrogen-bond donors (Lipinski definition) is 2. The van der Waals surface area contributed by atoms with E-state index in [0.717, 1.165) is 12.8 Å². The number of primary sulfonamides is 1. The molecule has 1 aliphatic rings. The van der Waals surface area contributed by atoms with Gasteiger partial charge in [0.25, 0.3) is 0 Å². The van der Waals surface area contributed by atoms with Crippen LogP contribution in [0.3, 0.4) is 0 Å². The van der Waals surface area contributed by atoms with Gasteiger partial charge in [0.2, 0.25) is 20.0 Å². The summed E-state index contributed by atoms with van der Waals surface area (Å²) in [4.78, 5) is 0.148. The van der Waals surface area contributed by atoms with E-state index in [9.17, 15) is 16.8 Å². The Hall–Kier alpha value is -1.74. The van der Waals surface area contributed by atoms with E-state index in [0.29, 0.717) is 11.5 Å². The third kappa shape index (κ3) is 5.00. The molecule has 0 radical (unpaired) electrons. The van der Waals surface area contributed by atoms with Crippen LogP contribution in [0.2, 0.25) is 0 Å². The molecular formula is C20H26N2O4S2. The van der Waals surface area contributed by atoms with Gasteiger partial charge in [-0.1, -0.05) is 43.5 Å². The van der Waals surface area contributed by atoms with E-state index in [-0.39, 0.29) is 9.79 Å². The zero-order valence-corrected chi connectivity index (χ0v) is 17.5. The first-order valence-corrected chi connectivity index (χ1v) is 12.4. The summed E-state index contributed by atoms with van der Waals surface area (Å²) in [5.74, 6) is 0.512. The number of hydrogen-bond acceptors (Lipinski definition) is 4. The fraction of sp³-hybridized carbons (Fsp3) is 0.400. The van der Waals surface area contributed by atoms with Crippen LogP contribution >= 0.6 is 0 Å². The maximum absolute atomic E-state index is 12.7. The first-order valence-electron chi connectivity index (χ1n) is 9.42. The minimum Gasteiger partial charge on any atom is -0.225 e. The van der Waals surface area contributed by atoms with Gasteiger partial charge in [-0.25, -0.2) is 26.7 Å². The molecule has 6 nitrogen and oxygen atoms in total. The molecule has 0 unspecified atom stereocenters. The highest BCUT2D eigenvalue weighted by atomic mass is 32.2. The van der Waals surface area contributed by atoms with Crippen LogP contribution in [-0.2, 0) is 20.0 Å².